The van der Waals surface area contributed by atoms with Crippen LogP contribution < -0.4 is 10.5 Å². The maximum Gasteiger partial charge on any atom is 0.224 e. The minimum absolute atomic E-state index is 0.565. The van der Waals surface area contributed by atoms with Crippen LogP contribution in [0.1, 0.15) is 5.82 Å². The number of anilines is 1. The van der Waals surface area contributed by atoms with E-state index >= 15 is 0 Å². The summed E-state index contributed by atoms with van der Waals surface area (Å²) < 4.78 is 7.55. The first-order valence-electron chi connectivity index (χ1n) is 5.04. The minimum atomic E-state index is 0.565. The smallest absolute Gasteiger partial charge is 0.224 e. The Balaban J connectivity index is 2.28. The van der Waals surface area contributed by atoms with Gasteiger partial charge in [-0.2, -0.15) is 0 Å². The van der Waals surface area contributed by atoms with Crippen LogP contribution in [0.25, 0.3) is 11.4 Å². The Morgan fingerprint density at radius 3 is 3.19 bits per heavy atom. The van der Waals surface area contributed by atoms with Gasteiger partial charge in [0.05, 0.1) is 24.0 Å². The third-order valence-corrected chi connectivity index (χ3v) is 2.60. The van der Waals surface area contributed by atoms with Crippen molar-refractivity contribution in [3.05, 3.63) is 18.1 Å². The zero-order chi connectivity index (χ0) is 11.1. The number of nitrogens with two attached hydrogens (primary N) is 1. The van der Waals surface area contributed by atoms with Gasteiger partial charge < -0.3 is 15.0 Å². The molecule has 0 saturated carbocycles. The van der Waals surface area contributed by atoms with Crippen molar-refractivity contribution in [1.82, 2.24) is 19.7 Å². The molecule has 16 heavy (non-hydrogen) atoms. The molecule has 1 aliphatic heterocycles. The summed E-state index contributed by atoms with van der Waals surface area (Å²) in [6, 6.07) is 1.81. The second-order valence-corrected chi connectivity index (χ2v) is 3.69. The molecule has 3 heterocycles. The average molecular weight is 217 g/mol. The number of nitrogens with zero attached hydrogens (tertiary/aromatic N) is 4. The molecule has 0 atom stereocenters. The summed E-state index contributed by atoms with van der Waals surface area (Å²) in [4.78, 5) is 4.16. The van der Waals surface area contributed by atoms with Gasteiger partial charge in [0.1, 0.15) is 12.4 Å². The molecule has 0 aromatic carbocycles. The molecule has 2 aromatic rings. The van der Waals surface area contributed by atoms with Crippen molar-refractivity contribution in [3.63, 3.8) is 0 Å². The number of aryl methyl sites for hydroxylation is 1. The number of fused-ring (bicyclic) bond motifs is 3. The molecule has 0 radical (unpaired) electrons. The summed E-state index contributed by atoms with van der Waals surface area (Å²) in [6.07, 6.45) is 1.58. The van der Waals surface area contributed by atoms with E-state index in [2.05, 4.69) is 15.2 Å². The van der Waals surface area contributed by atoms with Crippen molar-refractivity contribution in [3.8, 4) is 17.3 Å². The summed E-state index contributed by atoms with van der Waals surface area (Å²) >= 11 is 0. The summed E-state index contributed by atoms with van der Waals surface area (Å²) in [5.41, 5.74) is 7.12. The molecular formula is C10H11N5O. The van der Waals surface area contributed by atoms with Crippen molar-refractivity contribution in [1.29, 1.82) is 0 Å². The van der Waals surface area contributed by atoms with Crippen LogP contribution in [0.3, 0.4) is 0 Å². The molecule has 1 aliphatic rings. The largest absolute Gasteiger partial charge is 0.475 e. The summed E-state index contributed by atoms with van der Waals surface area (Å²) in [5.74, 6) is 2.21. The molecule has 2 aromatic heterocycles. The number of hydrogen-bond donors (Lipinski definition) is 1. The fraction of sp³-hybridized carbons (Fsp3) is 0.300. The Labute approximate surface area is 92.1 Å². The molecule has 6 nitrogen and oxygen atoms in total. The minimum Gasteiger partial charge on any atom is -0.475 e. The van der Waals surface area contributed by atoms with E-state index in [1.807, 2.05) is 17.6 Å². The maximum atomic E-state index is 5.72. The van der Waals surface area contributed by atoms with Gasteiger partial charge in [0.25, 0.3) is 0 Å². The first kappa shape index (κ1) is 9.14. The molecule has 6 heteroatoms. The van der Waals surface area contributed by atoms with Crippen LogP contribution >= 0.6 is 0 Å². The van der Waals surface area contributed by atoms with Crippen molar-refractivity contribution >= 4 is 5.69 Å². The quantitative estimate of drug-likeness (QED) is 0.700. The zero-order valence-electron chi connectivity index (χ0n) is 8.84. The van der Waals surface area contributed by atoms with E-state index in [1.165, 1.54) is 0 Å². The second kappa shape index (κ2) is 3.19. The Kier molecular flexibility index (Phi) is 1.82. The molecule has 0 unspecified atom stereocenters. The van der Waals surface area contributed by atoms with Crippen LogP contribution in [0.15, 0.2) is 12.3 Å². The highest BCUT2D eigenvalue weighted by atomic mass is 16.5. The monoisotopic (exact) mass is 217 g/mol. The number of hydrogen-bond acceptors (Lipinski definition) is 5. The first-order valence-corrected chi connectivity index (χ1v) is 5.04. The van der Waals surface area contributed by atoms with Crippen LogP contribution in [0.2, 0.25) is 0 Å². The molecule has 3 rings (SSSR count). The Morgan fingerprint density at radius 2 is 2.31 bits per heavy atom. The lowest BCUT2D eigenvalue weighted by Gasteiger charge is -2.04. The summed E-state index contributed by atoms with van der Waals surface area (Å²) in [5, 5.41) is 8.19. The highest BCUT2D eigenvalue weighted by Crippen LogP contribution is 2.30. The molecule has 2 N–H and O–H groups in total. The van der Waals surface area contributed by atoms with E-state index < -0.39 is 0 Å². The number of rotatable bonds is 0. The fourth-order valence-corrected chi connectivity index (χ4v) is 1.83. The maximum absolute atomic E-state index is 5.72. The third-order valence-electron chi connectivity index (χ3n) is 2.60. The highest BCUT2D eigenvalue weighted by Gasteiger charge is 2.20. The molecule has 0 amide bonds. The van der Waals surface area contributed by atoms with E-state index in [9.17, 15) is 0 Å². The topological polar surface area (TPSA) is 78.8 Å². The van der Waals surface area contributed by atoms with Crippen molar-refractivity contribution in [2.24, 2.45) is 0 Å². The van der Waals surface area contributed by atoms with Crippen LogP contribution in [-0.2, 0) is 6.54 Å². The van der Waals surface area contributed by atoms with Gasteiger partial charge in [0, 0.05) is 0 Å². The van der Waals surface area contributed by atoms with E-state index in [4.69, 9.17) is 10.5 Å². The van der Waals surface area contributed by atoms with Gasteiger partial charge in [-0.25, -0.2) is 4.98 Å². The standard InChI is InChI=1S/C10H11N5O/c1-6-13-14-9-8-4-7(11)5-12-10(8)16-3-2-15(6)9/h4-5H,2-3,11H2,1H3. The second-order valence-electron chi connectivity index (χ2n) is 3.69. The van der Waals surface area contributed by atoms with E-state index in [-0.39, 0.29) is 0 Å². The summed E-state index contributed by atoms with van der Waals surface area (Å²) in [7, 11) is 0. The van der Waals surface area contributed by atoms with Gasteiger partial charge in [-0.05, 0) is 13.0 Å². The molecule has 0 bridgehead atoms. The normalized spacial score (nSPS) is 13.6. The Morgan fingerprint density at radius 1 is 1.44 bits per heavy atom. The Bertz CT molecular complexity index is 548. The summed E-state index contributed by atoms with van der Waals surface area (Å²) in [6.45, 7) is 3.21. The van der Waals surface area contributed by atoms with Crippen LogP contribution in [0.4, 0.5) is 5.69 Å². The van der Waals surface area contributed by atoms with Gasteiger partial charge in [-0.15, -0.1) is 10.2 Å². The van der Waals surface area contributed by atoms with Gasteiger partial charge in [0.2, 0.25) is 5.88 Å². The van der Waals surface area contributed by atoms with Gasteiger partial charge in [0.15, 0.2) is 5.82 Å². The van der Waals surface area contributed by atoms with Crippen molar-refractivity contribution in [2.45, 2.75) is 13.5 Å². The van der Waals surface area contributed by atoms with E-state index in [1.54, 1.807) is 6.20 Å². The van der Waals surface area contributed by atoms with Gasteiger partial charge >= 0.3 is 0 Å². The average Bonchev–Trinajstić information content (AvgIpc) is 2.54. The SMILES string of the molecule is Cc1nnc2n1CCOc1ncc(N)cc1-2. The third kappa shape index (κ3) is 1.23. The predicted molar refractivity (Wildman–Crippen MR) is 57.9 cm³/mol. The van der Waals surface area contributed by atoms with Crippen LogP contribution in [0.5, 0.6) is 5.88 Å². The number of nitrogen functional groups attached to an aromatic ring is 1. The van der Waals surface area contributed by atoms with Crippen molar-refractivity contribution < 1.29 is 4.74 Å². The molecule has 82 valence electrons. The van der Waals surface area contributed by atoms with Crippen LogP contribution in [-0.4, -0.2) is 26.4 Å². The lowest BCUT2D eigenvalue weighted by Crippen LogP contribution is -2.07. The lowest BCUT2D eigenvalue weighted by molar-refractivity contribution is 0.294. The van der Waals surface area contributed by atoms with E-state index in [0.717, 1.165) is 23.8 Å². The highest BCUT2D eigenvalue weighted by molar-refractivity contribution is 5.66. The predicted octanol–water partition coefficient (Wildman–Crippen LogP) is 0.623. The fourth-order valence-electron chi connectivity index (χ4n) is 1.83. The van der Waals surface area contributed by atoms with E-state index in [0.29, 0.717) is 18.2 Å². The van der Waals surface area contributed by atoms with Crippen molar-refractivity contribution in [2.75, 3.05) is 12.3 Å². The Hall–Kier alpha value is -2.11. The molecule has 0 spiro atoms. The first-order chi connectivity index (χ1) is 7.75. The molecular weight excluding hydrogens is 206 g/mol. The molecule has 0 saturated heterocycles. The molecule has 0 aliphatic carbocycles. The number of pyridine rings is 1. The van der Waals surface area contributed by atoms with Gasteiger partial charge in [-0.3, -0.25) is 0 Å². The lowest BCUT2D eigenvalue weighted by atomic mass is 10.2. The van der Waals surface area contributed by atoms with Crippen LogP contribution in [0, 0.1) is 6.92 Å². The number of aromatic nitrogens is 4. The number of ether oxygens (including phenoxy) is 1. The van der Waals surface area contributed by atoms with Gasteiger partial charge in [-0.1, -0.05) is 0 Å². The molecule has 0 fully saturated rings. The zero-order valence-corrected chi connectivity index (χ0v) is 8.84.